The van der Waals surface area contributed by atoms with Gasteiger partial charge in [-0.05, 0) is 61.5 Å². The van der Waals surface area contributed by atoms with E-state index in [4.69, 9.17) is 16.3 Å². The molecule has 2 aromatic heterocycles. The molecule has 0 atom stereocenters. The second-order valence-electron chi connectivity index (χ2n) is 7.55. The van der Waals surface area contributed by atoms with Crippen LogP contribution in [0.3, 0.4) is 0 Å². The number of aryl methyl sites for hydroxylation is 1. The number of ketones is 1. The van der Waals surface area contributed by atoms with Gasteiger partial charge in [0.1, 0.15) is 17.9 Å². The number of aromatic nitrogens is 2. The third kappa shape index (κ3) is 4.88. The molecule has 0 fully saturated rings. The molecular formula is C25H19BrClN3O4. The molecule has 1 N–H and O–H groups in total. The van der Waals surface area contributed by atoms with Crippen LogP contribution in [0.5, 0.6) is 5.75 Å². The molecule has 0 aliphatic carbocycles. The lowest BCUT2D eigenvalue weighted by molar-refractivity contribution is -0.116. The SMILES string of the molecule is COc1ccc(Cl)cc1NC(=O)Cn1cc(C(=O)c2ccc(Br)cc2)c(=O)c2ccc(C)nc21. The quantitative estimate of drug-likeness (QED) is 0.348. The van der Waals surface area contributed by atoms with Gasteiger partial charge in [0.15, 0.2) is 5.78 Å². The summed E-state index contributed by atoms with van der Waals surface area (Å²) in [4.78, 5) is 43.7. The molecule has 2 aromatic carbocycles. The summed E-state index contributed by atoms with van der Waals surface area (Å²) in [6.07, 6.45) is 1.39. The lowest BCUT2D eigenvalue weighted by Gasteiger charge is -2.14. The minimum atomic E-state index is -0.441. The Morgan fingerprint density at radius 3 is 2.56 bits per heavy atom. The molecule has 4 rings (SSSR count). The van der Waals surface area contributed by atoms with Crippen molar-refractivity contribution in [2.45, 2.75) is 13.5 Å². The van der Waals surface area contributed by atoms with Crippen LogP contribution in [0.1, 0.15) is 21.6 Å². The number of nitrogens with zero attached hydrogens (tertiary/aromatic N) is 2. The van der Waals surface area contributed by atoms with Gasteiger partial charge in [-0.1, -0.05) is 27.5 Å². The molecule has 0 aliphatic heterocycles. The minimum Gasteiger partial charge on any atom is -0.495 e. The Labute approximate surface area is 208 Å². The number of rotatable bonds is 6. The Morgan fingerprint density at radius 2 is 1.85 bits per heavy atom. The van der Waals surface area contributed by atoms with Crippen molar-refractivity contribution in [3.05, 3.63) is 97.3 Å². The maximum Gasteiger partial charge on any atom is 0.244 e. The Hall–Kier alpha value is -3.49. The summed E-state index contributed by atoms with van der Waals surface area (Å²) in [5, 5.41) is 3.45. The van der Waals surface area contributed by atoms with E-state index >= 15 is 0 Å². The van der Waals surface area contributed by atoms with Crippen LogP contribution >= 0.6 is 27.5 Å². The van der Waals surface area contributed by atoms with Gasteiger partial charge >= 0.3 is 0 Å². The number of benzene rings is 2. The number of methoxy groups -OCH3 is 1. The normalized spacial score (nSPS) is 10.8. The van der Waals surface area contributed by atoms with E-state index in [-0.39, 0.29) is 17.5 Å². The molecule has 0 saturated heterocycles. The van der Waals surface area contributed by atoms with Crippen LogP contribution in [-0.4, -0.2) is 28.4 Å². The molecular weight excluding hydrogens is 522 g/mol. The maximum atomic E-state index is 13.2. The predicted octanol–water partition coefficient (Wildman–Crippen LogP) is 5.00. The fourth-order valence-electron chi connectivity index (χ4n) is 3.52. The number of nitrogens with one attached hydrogen (secondary N) is 1. The van der Waals surface area contributed by atoms with E-state index in [9.17, 15) is 14.4 Å². The Bertz CT molecular complexity index is 1480. The fourth-order valence-corrected chi connectivity index (χ4v) is 3.96. The largest absolute Gasteiger partial charge is 0.495 e. The van der Waals surface area contributed by atoms with Crippen molar-refractivity contribution < 1.29 is 14.3 Å². The molecule has 172 valence electrons. The molecule has 0 aliphatic rings. The van der Waals surface area contributed by atoms with E-state index in [1.54, 1.807) is 61.5 Å². The van der Waals surface area contributed by atoms with Crippen LogP contribution in [0.25, 0.3) is 11.0 Å². The van der Waals surface area contributed by atoms with Gasteiger partial charge in [0.05, 0.1) is 23.7 Å². The Morgan fingerprint density at radius 1 is 1.12 bits per heavy atom. The first-order valence-corrected chi connectivity index (χ1v) is 11.4. The number of anilines is 1. The van der Waals surface area contributed by atoms with E-state index < -0.39 is 17.1 Å². The van der Waals surface area contributed by atoms with Gasteiger partial charge in [-0.25, -0.2) is 4.98 Å². The number of amides is 1. The maximum absolute atomic E-state index is 13.2. The number of fused-ring (bicyclic) bond motifs is 1. The third-order valence-corrected chi connectivity index (χ3v) is 5.92. The second-order valence-corrected chi connectivity index (χ2v) is 8.90. The monoisotopic (exact) mass is 539 g/mol. The predicted molar refractivity (Wildman–Crippen MR) is 135 cm³/mol. The van der Waals surface area contributed by atoms with Crippen molar-refractivity contribution in [3.63, 3.8) is 0 Å². The van der Waals surface area contributed by atoms with E-state index in [1.165, 1.54) is 17.9 Å². The van der Waals surface area contributed by atoms with Crippen LogP contribution < -0.4 is 15.5 Å². The first kappa shape index (κ1) is 23.7. The lowest BCUT2D eigenvalue weighted by Crippen LogP contribution is -2.25. The zero-order valence-electron chi connectivity index (χ0n) is 18.3. The van der Waals surface area contributed by atoms with Crippen molar-refractivity contribution in [2.75, 3.05) is 12.4 Å². The lowest BCUT2D eigenvalue weighted by atomic mass is 10.0. The molecule has 0 saturated carbocycles. The summed E-state index contributed by atoms with van der Waals surface area (Å²) in [6, 6.07) is 14.9. The summed E-state index contributed by atoms with van der Waals surface area (Å²) >= 11 is 9.39. The molecule has 0 unspecified atom stereocenters. The third-order valence-electron chi connectivity index (χ3n) is 5.16. The summed E-state index contributed by atoms with van der Waals surface area (Å²) in [5.74, 6) is -0.399. The van der Waals surface area contributed by atoms with Gasteiger partial charge in [0.2, 0.25) is 11.3 Å². The summed E-state index contributed by atoms with van der Waals surface area (Å²) in [7, 11) is 1.49. The second kappa shape index (κ2) is 9.79. The zero-order valence-corrected chi connectivity index (χ0v) is 20.6. The van der Waals surface area contributed by atoms with E-state index in [2.05, 4.69) is 26.2 Å². The summed E-state index contributed by atoms with van der Waals surface area (Å²) in [5.41, 5.74) is 1.26. The molecule has 9 heteroatoms. The molecule has 0 radical (unpaired) electrons. The molecule has 4 aromatic rings. The highest BCUT2D eigenvalue weighted by molar-refractivity contribution is 9.10. The van der Waals surface area contributed by atoms with Crippen molar-refractivity contribution in [1.82, 2.24) is 9.55 Å². The Kier molecular flexibility index (Phi) is 6.81. The van der Waals surface area contributed by atoms with E-state index in [0.29, 0.717) is 33.4 Å². The van der Waals surface area contributed by atoms with Crippen LogP contribution in [0, 0.1) is 6.92 Å². The topological polar surface area (TPSA) is 90.3 Å². The molecule has 0 bridgehead atoms. The minimum absolute atomic E-state index is 0.0476. The summed E-state index contributed by atoms with van der Waals surface area (Å²) < 4.78 is 7.59. The first-order valence-electron chi connectivity index (χ1n) is 10.2. The number of halogens is 2. The van der Waals surface area contributed by atoms with E-state index in [1.807, 2.05) is 0 Å². The molecule has 0 spiro atoms. The van der Waals surface area contributed by atoms with Crippen molar-refractivity contribution in [1.29, 1.82) is 0 Å². The molecule has 1 amide bonds. The first-order chi connectivity index (χ1) is 16.3. The van der Waals surface area contributed by atoms with Gasteiger partial charge in [0, 0.05) is 26.9 Å². The number of pyridine rings is 2. The van der Waals surface area contributed by atoms with Crippen molar-refractivity contribution >= 4 is 55.9 Å². The highest BCUT2D eigenvalue weighted by Crippen LogP contribution is 2.27. The van der Waals surface area contributed by atoms with Gasteiger partial charge in [-0.15, -0.1) is 0 Å². The number of carbonyl (C=O) groups is 2. The summed E-state index contributed by atoms with van der Waals surface area (Å²) in [6.45, 7) is 1.59. The van der Waals surface area contributed by atoms with Crippen molar-refractivity contribution in [3.8, 4) is 5.75 Å². The number of carbonyl (C=O) groups excluding carboxylic acids is 2. The van der Waals surface area contributed by atoms with Gasteiger partial charge in [0.25, 0.3) is 0 Å². The number of ether oxygens (including phenoxy) is 1. The van der Waals surface area contributed by atoms with Crippen LogP contribution in [-0.2, 0) is 11.3 Å². The molecule has 7 nitrogen and oxygen atoms in total. The zero-order chi connectivity index (χ0) is 24.4. The van der Waals surface area contributed by atoms with E-state index in [0.717, 1.165) is 4.47 Å². The van der Waals surface area contributed by atoms with Crippen LogP contribution in [0.2, 0.25) is 5.02 Å². The van der Waals surface area contributed by atoms with Gasteiger partial charge < -0.3 is 14.6 Å². The average Bonchev–Trinajstić information content (AvgIpc) is 2.81. The smallest absolute Gasteiger partial charge is 0.244 e. The number of hydrogen-bond donors (Lipinski definition) is 1. The van der Waals surface area contributed by atoms with Crippen LogP contribution in [0.4, 0.5) is 5.69 Å². The van der Waals surface area contributed by atoms with Crippen molar-refractivity contribution in [2.24, 2.45) is 0 Å². The molecule has 34 heavy (non-hydrogen) atoms. The fraction of sp³-hybridized carbons (Fsp3) is 0.120. The average molecular weight is 541 g/mol. The highest BCUT2D eigenvalue weighted by atomic mass is 79.9. The standard InChI is InChI=1S/C25H19BrClN3O4/c1-14-3-9-18-24(33)19(23(32)15-4-6-16(26)7-5-15)12-30(25(18)28-14)13-22(31)29-20-11-17(27)8-10-21(20)34-2/h3-12H,13H2,1-2H3,(H,29,31). The molecule has 2 heterocycles. The van der Waals surface area contributed by atoms with Crippen LogP contribution in [0.15, 0.2) is 70.1 Å². The van der Waals surface area contributed by atoms with Gasteiger partial charge in [-0.2, -0.15) is 0 Å². The van der Waals surface area contributed by atoms with Gasteiger partial charge in [-0.3, -0.25) is 14.4 Å². The Balaban J connectivity index is 1.76. The highest BCUT2D eigenvalue weighted by Gasteiger charge is 2.19. The number of hydrogen-bond acceptors (Lipinski definition) is 5.